The monoisotopic (exact) mass is 307 g/mol. The molecule has 4 heteroatoms. The fraction of sp³-hybridized carbons (Fsp3) is 0.368. The molecule has 0 saturated carbocycles. The number of carbonyl (C=O) groups is 1. The molecule has 2 aliphatic rings. The summed E-state index contributed by atoms with van der Waals surface area (Å²) in [6.07, 6.45) is 3.30. The van der Waals surface area contributed by atoms with Crippen LogP contribution in [-0.2, 0) is 10.2 Å². The highest BCUT2D eigenvalue weighted by Crippen LogP contribution is 2.51. The lowest BCUT2D eigenvalue weighted by Crippen LogP contribution is -2.41. The molecular weight excluding hydrogens is 286 g/mol. The van der Waals surface area contributed by atoms with Crippen molar-refractivity contribution in [3.05, 3.63) is 58.9 Å². The number of aromatic nitrogens is 2. The number of nitrogens with zero attached hydrogens (tertiary/aromatic N) is 1. The summed E-state index contributed by atoms with van der Waals surface area (Å²) >= 11 is 0. The fourth-order valence-electron chi connectivity index (χ4n) is 4.13. The van der Waals surface area contributed by atoms with Crippen molar-refractivity contribution in [3.63, 3.8) is 0 Å². The zero-order valence-corrected chi connectivity index (χ0v) is 13.7. The van der Waals surface area contributed by atoms with Gasteiger partial charge < -0.3 is 5.32 Å². The Balaban J connectivity index is 1.99. The van der Waals surface area contributed by atoms with E-state index in [-0.39, 0.29) is 11.2 Å². The molecule has 4 nitrogen and oxygen atoms in total. The first-order valence-electron chi connectivity index (χ1n) is 8.05. The van der Waals surface area contributed by atoms with Gasteiger partial charge in [-0.25, -0.2) is 0 Å². The number of H-pyrrole nitrogens is 1. The number of anilines is 1. The van der Waals surface area contributed by atoms with Gasteiger partial charge in [0.25, 0.3) is 0 Å². The summed E-state index contributed by atoms with van der Waals surface area (Å²) in [6, 6.07) is 10.3. The Morgan fingerprint density at radius 3 is 2.57 bits per heavy atom. The third-order valence-corrected chi connectivity index (χ3v) is 5.18. The quantitative estimate of drug-likeness (QED) is 0.843. The van der Waals surface area contributed by atoms with Crippen molar-refractivity contribution in [2.45, 2.75) is 39.0 Å². The third-order valence-electron chi connectivity index (χ3n) is 5.18. The number of hydrogen-bond acceptors (Lipinski definition) is 3. The zero-order chi connectivity index (χ0) is 16.2. The van der Waals surface area contributed by atoms with Crippen LogP contribution in [0.4, 0.5) is 5.82 Å². The van der Waals surface area contributed by atoms with E-state index in [1.807, 2.05) is 24.4 Å². The van der Waals surface area contributed by atoms with E-state index >= 15 is 0 Å². The first-order chi connectivity index (χ1) is 10.9. The van der Waals surface area contributed by atoms with E-state index in [2.05, 4.69) is 48.4 Å². The Hall–Kier alpha value is -2.36. The average molecular weight is 307 g/mol. The second-order valence-corrected chi connectivity index (χ2v) is 7.57. The van der Waals surface area contributed by atoms with Crippen LogP contribution in [0, 0.1) is 5.41 Å². The number of fused-ring (bicyclic) bond motifs is 1. The van der Waals surface area contributed by atoms with Gasteiger partial charge in [0.2, 0.25) is 0 Å². The van der Waals surface area contributed by atoms with Crippen molar-refractivity contribution >= 4 is 11.6 Å². The van der Waals surface area contributed by atoms with Gasteiger partial charge in [-0.3, -0.25) is 9.89 Å². The highest BCUT2D eigenvalue weighted by atomic mass is 16.1. The minimum Gasteiger partial charge on any atom is -0.343 e. The molecule has 0 radical (unpaired) electrons. The van der Waals surface area contributed by atoms with Gasteiger partial charge in [-0.1, -0.05) is 44.2 Å². The van der Waals surface area contributed by atoms with Gasteiger partial charge in [-0.2, -0.15) is 5.10 Å². The molecule has 0 amide bonds. The van der Waals surface area contributed by atoms with Gasteiger partial charge in [0.05, 0.1) is 11.6 Å². The Labute approximate surface area is 136 Å². The molecule has 0 bridgehead atoms. The van der Waals surface area contributed by atoms with Crippen molar-refractivity contribution in [1.82, 2.24) is 10.2 Å². The molecule has 0 spiro atoms. The number of allylic oxidation sites excluding steroid dienone is 2. The average Bonchev–Trinajstić information content (AvgIpc) is 2.95. The Bertz CT molecular complexity index is 816. The van der Waals surface area contributed by atoms with Crippen molar-refractivity contribution in [3.8, 4) is 0 Å². The molecule has 1 atom stereocenters. The van der Waals surface area contributed by atoms with Gasteiger partial charge in [-0.05, 0) is 24.3 Å². The highest BCUT2D eigenvalue weighted by molar-refractivity contribution is 6.02. The first kappa shape index (κ1) is 14.2. The van der Waals surface area contributed by atoms with Gasteiger partial charge in [0.1, 0.15) is 5.82 Å². The van der Waals surface area contributed by atoms with E-state index in [0.717, 1.165) is 34.6 Å². The standard InChI is InChI=1S/C19H21N3O/c1-18(2)9-14-16(15(23)10-18)19(3,12-7-5-4-6-8-12)13-11-20-22-17(13)21-14/h4-8,11H,9-10H2,1-3H3,(H2,20,21,22). The molecule has 0 fully saturated rings. The summed E-state index contributed by atoms with van der Waals surface area (Å²) in [5.74, 6) is 1.14. The van der Waals surface area contributed by atoms with Crippen LogP contribution in [0.1, 0.15) is 44.7 Å². The zero-order valence-electron chi connectivity index (χ0n) is 13.7. The molecule has 1 aromatic carbocycles. The molecule has 0 saturated heterocycles. The van der Waals surface area contributed by atoms with Crippen LogP contribution < -0.4 is 5.32 Å². The number of nitrogens with one attached hydrogen (secondary N) is 2. The van der Waals surface area contributed by atoms with E-state index in [4.69, 9.17) is 0 Å². The summed E-state index contributed by atoms with van der Waals surface area (Å²) < 4.78 is 0. The van der Waals surface area contributed by atoms with Crippen LogP contribution in [-0.4, -0.2) is 16.0 Å². The van der Waals surface area contributed by atoms with Gasteiger partial charge in [-0.15, -0.1) is 0 Å². The summed E-state index contributed by atoms with van der Waals surface area (Å²) in [7, 11) is 0. The van der Waals surface area contributed by atoms with E-state index in [1.165, 1.54) is 0 Å². The predicted molar refractivity (Wildman–Crippen MR) is 90.2 cm³/mol. The summed E-state index contributed by atoms with van der Waals surface area (Å²) in [5, 5.41) is 10.7. The van der Waals surface area contributed by atoms with E-state index in [1.54, 1.807) is 0 Å². The maximum absolute atomic E-state index is 13.0. The molecule has 2 heterocycles. The molecule has 1 aromatic heterocycles. The fourth-order valence-corrected chi connectivity index (χ4v) is 4.13. The number of Topliss-reactive ketones (excluding diaryl/α,β-unsaturated/α-hetero) is 1. The number of benzene rings is 1. The van der Waals surface area contributed by atoms with E-state index in [9.17, 15) is 4.79 Å². The van der Waals surface area contributed by atoms with Crippen molar-refractivity contribution in [2.24, 2.45) is 5.41 Å². The molecule has 1 unspecified atom stereocenters. The minimum atomic E-state index is -0.461. The molecule has 23 heavy (non-hydrogen) atoms. The number of rotatable bonds is 1. The summed E-state index contributed by atoms with van der Waals surface area (Å²) in [4.78, 5) is 13.0. The van der Waals surface area contributed by atoms with Crippen LogP contribution in [0.5, 0.6) is 0 Å². The lowest BCUT2D eigenvalue weighted by Gasteiger charge is -2.43. The van der Waals surface area contributed by atoms with Crippen molar-refractivity contribution in [2.75, 3.05) is 5.32 Å². The van der Waals surface area contributed by atoms with E-state index < -0.39 is 5.41 Å². The van der Waals surface area contributed by atoms with E-state index in [0.29, 0.717) is 6.42 Å². The molecule has 1 aliphatic carbocycles. The largest absolute Gasteiger partial charge is 0.343 e. The number of carbonyl (C=O) groups excluding carboxylic acids is 1. The van der Waals surface area contributed by atoms with Crippen molar-refractivity contribution in [1.29, 1.82) is 0 Å². The maximum atomic E-state index is 13.0. The van der Waals surface area contributed by atoms with Gasteiger partial charge in [0, 0.05) is 23.3 Å². The SMILES string of the molecule is CC1(C)CC(=O)C2=C(C1)Nc1[nH]ncc1C2(C)c1ccccc1. The van der Waals surface area contributed by atoms with Crippen LogP contribution in [0.2, 0.25) is 0 Å². The number of hydrogen-bond donors (Lipinski definition) is 2. The Morgan fingerprint density at radius 2 is 1.83 bits per heavy atom. The second kappa shape index (κ2) is 4.57. The Kier molecular flexibility index (Phi) is 2.83. The predicted octanol–water partition coefficient (Wildman–Crippen LogP) is 3.78. The highest BCUT2D eigenvalue weighted by Gasteiger charge is 2.48. The Morgan fingerprint density at radius 1 is 1.09 bits per heavy atom. The smallest absolute Gasteiger partial charge is 0.162 e. The molecule has 2 aromatic rings. The molecule has 2 N–H and O–H groups in total. The topological polar surface area (TPSA) is 57.8 Å². The lowest BCUT2D eigenvalue weighted by atomic mass is 9.62. The number of aromatic amines is 1. The summed E-state index contributed by atoms with van der Waals surface area (Å²) in [6.45, 7) is 6.44. The van der Waals surface area contributed by atoms with Crippen molar-refractivity contribution < 1.29 is 4.79 Å². The van der Waals surface area contributed by atoms with Crippen LogP contribution in [0.3, 0.4) is 0 Å². The molecule has 4 rings (SSSR count). The number of ketones is 1. The third kappa shape index (κ3) is 1.97. The minimum absolute atomic E-state index is 0.0158. The van der Waals surface area contributed by atoms with Crippen LogP contribution >= 0.6 is 0 Å². The van der Waals surface area contributed by atoms with Crippen LogP contribution in [0.25, 0.3) is 0 Å². The van der Waals surface area contributed by atoms with Gasteiger partial charge >= 0.3 is 0 Å². The van der Waals surface area contributed by atoms with Gasteiger partial charge in [0.15, 0.2) is 5.78 Å². The molecule has 1 aliphatic heterocycles. The maximum Gasteiger partial charge on any atom is 0.162 e. The van der Waals surface area contributed by atoms with Crippen LogP contribution in [0.15, 0.2) is 47.8 Å². The normalized spacial score (nSPS) is 25.6. The lowest BCUT2D eigenvalue weighted by molar-refractivity contribution is -0.118. The molecule has 118 valence electrons. The molecular formula is C19H21N3O. The summed E-state index contributed by atoms with van der Waals surface area (Å²) in [5.41, 5.74) is 3.63. The first-order valence-corrected chi connectivity index (χ1v) is 8.05. The second-order valence-electron chi connectivity index (χ2n) is 7.57.